The minimum atomic E-state index is -0.119. The third kappa shape index (κ3) is 4.31. The Morgan fingerprint density at radius 2 is 2.05 bits per heavy atom. The summed E-state index contributed by atoms with van der Waals surface area (Å²) < 4.78 is 5.24. The zero-order valence-corrected chi connectivity index (χ0v) is 13.5. The summed E-state index contributed by atoms with van der Waals surface area (Å²) >= 11 is 0. The van der Waals surface area contributed by atoms with Gasteiger partial charge in [0, 0.05) is 26.6 Å². The first-order valence-electron chi connectivity index (χ1n) is 7.85. The maximum Gasteiger partial charge on any atom is 0.223 e. The van der Waals surface area contributed by atoms with Crippen LogP contribution in [-0.2, 0) is 14.9 Å². The highest BCUT2D eigenvalue weighted by atomic mass is 16.5. The highest BCUT2D eigenvalue weighted by Crippen LogP contribution is 2.28. The second-order valence-corrected chi connectivity index (χ2v) is 6.73. The van der Waals surface area contributed by atoms with Crippen LogP contribution in [0.1, 0.15) is 38.7 Å². The van der Waals surface area contributed by atoms with E-state index in [2.05, 4.69) is 26.0 Å². The fourth-order valence-corrected chi connectivity index (χ4v) is 3.14. The molecule has 3 nitrogen and oxygen atoms in total. The predicted molar refractivity (Wildman–Crippen MR) is 85.3 cm³/mol. The van der Waals surface area contributed by atoms with Gasteiger partial charge in [0.2, 0.25) is 5.91 Å². The first-order chi connectivity index (χ1) is 10.0. The zero-order chi connectivity index (χ0) is 15.3. The molecule has 1 aromatic rings. The number of amides is 1. The maximum absolute atomic E-state index is 12.6. The molecule has 2 rings (SSSR count). The van der Waals surface area contributed by atoms with Gasteiger partial charge in [0.05, 0.1) is 6.61 Å². The van der Waals surface area contributed by atoms with Crippen LogP contribution in [0.25, 0.3) is 0 Å². The van der Waals surface area contributed by atoms with E-state index >= 15 is 0 Å². The predicted octanol–water partition coefficient (Wildman–Crippen LogP) is 3.24. The average molecular weight is 289 g/mol. The van der Waals surface area contributed by atoms with Crippen molar-refractivity contribution in [1.29, 1.82) is 0 Å². The van der Waals surface area contributed by atoms with Gasteiger partial charge in [0.1, 0.15) is 0 Å². The van der Waals surface area contributed by atoms with Gasteiger partial charge in [-0.2, -0.15) is 0 Å². The van der Waals surface area contributed by atoms with Crippen molar-refractivity contribution < 1.29 is 9.53 Å². The molecule has 0 aromatic heterocycles. The highest BCUT2D eigenvalue weighted by molar-refractivity contribution is 5.77. The summed E-state index contributed by atoms with van der Waals surface area (Å²) in [7, 11) is 1.74. The minimum Gasteiger partial charge on any atom is -0.384 e. The molecule has 0 unspecified atom stereocenters. The molecule has 1 fully saturated rings. The van der Waals surface area contributed by atoms with Gasteiger partial charge in [0.25, 0.3) is 0 Å². The lowest BCUT2D eigenvalue weighted by Crippen LogP contribution is -2.43. The minimum absolute atomic E-state index is 0.119. The van der Waals surface area contributed by atoms with E-state index in [1.165, 1.54) is 12.0 Å². The van der Waals surface area contributed by atoms with Crippen molar-refractivity contribution in [2.45, 2.75) is 38.5 Å². The normalized spacial score (nSPS) is 19.6. The van der Waals surface area contributed by atoms with E-state index in [4.69, 9.17) is 4.74 Å². The number of nitrogens with zero attached hydrogens (tertiary/aromatic N) is 1. The Hall–Kier alpha value is -1.35. The summed E-state index contributed by atoms with van der Waals surface area (Å²) in [4.78, 5) is 14.6. The molecule has 0 aliphatic carbocycles. The topological polar surface area (TPSA) is 29.5 Å². The first kappa shape index (κ1) is 16.0. The van der Waals surface area contributed by atoms with Crippen molar-refractivity contribution in [1.82, 2.24) is 4.90 Å². The zero-order valence-electron chi connectivity index (χ0n) is 13.5. The van der Waals surface area contributed by atoms with Gasteiger partial charge >= 0.3 is 0 Å². The number of carbonyl (C=O) groups excluding carboxylic acids is 1. The van der Waals surface area contributed by atoms with Gasteiger partial charge in [-0.1, -0.05) is 44.2 Å². The van der Waals surface area contributed by atoms with E-state index in [0.717, 1.165) is 26.1 Å². The summed E-state index contributed by atoms with van der Waals surface area (Å²) in [6, 6.07) is 10.3. The van der Waals surface area contributed by atoms with Gasteiger partial charge in [0.15, 0.2) is 0 Å². The van der Waals surface area contributed by atoms with Crippen LogP contribution in [-0.4, -0.2) is 37.6 Å². The van der Waals surface area contributed by atoms with E-state index in [9.17, 15) is 4.79 Å². The molecule has 1 heterocycles. The molecule has 1 aromatic carbocycles. The molecule has 116 valence electrons. The Labute approximate surface area is 128 Å². The van der Waals surface area contributed by atoms with Crippen molar-refractivity contribution >= 4 is 5.91 Å². The van der Waals surface area contributed by atoms with Crippen LogP contribution in [0.2, 0.25) is 0 Å². The molecular formula is C18H27NO2. The maximum atomic E-state index is 12.6. The summed E-state index contributed by atoms with van der Waals surface area (Å²) in [6.07, 6.45) is 2.82. The lowest BCUT2D eigenvalue weighted by Gasteiger charge is -2.35. The Balaban J connectivity index is 1.97. The van der Waals surface area contributed by atoms with Crippen molar-refractivity contribution in [3.8, 4) is 0 Å². The van der Waals surface area contributed by atoms with E-state index in [1.807, 2.05) is 23.1 Å². The van der Waals surface area contributed by atoms with Crippen LogP contribution in [0.5, 0.6) is 0 Å². The number of benzene rings is 1. The number of hydrogen-bond donors (Lipinski definition) is 0. The molecule has 1 amide bonds. The highest BCUT2D eigenvalue weighted by Gasteiger charge is 2.29. The van der Waals surface area contributed by atoms with Crippen LogP contribution < -0.4 is 0 Å². The van der Waals surface area contributed by atoms with Crippen molar-refractivity contribution in [2.24, 2.45) is 5.92 Å². The lowest BCUT2D eigenvalue weighted by molar-refractivity contribution is -0.134. The second kappa shape index (κ2) is 7.08. The fourth-order valence-electron chi connectivity index (χ4n) is 3.14. The Bertz CT molecular complexity index is 454. The fraction of sp³-hybridized carbons (Fsp3) is 0.611. The SMILES string of the molecule is COC[C@H]1CCCN(C(=O)CC(C)(C)c2ccccc2)C1. The van der Waals surface area contributed by atoms with Crippen LogP contribution >= 0.6 is 0 Å². The van der Waals surface area contributed by atoms with Gasteiger partial charge < -0.3 is 9.64 Å². The van der Waals surface area contributed by atoms with Crippen molar-refractivity contribution in [2.75, 3.05) is 26.8 Å². The van der Waals surface area contributed by atoms with E-state index in [1.54, 1.807) is 7.11 Å². The number of rotatable bonds is 5. The van der Waals surface area contributed by atoms with E-state index in [-0.39, 0.29) is 11.3 Å². The van der Waals surface area contributed by atoms with Crippen LogP contribution in [0.3, 0.4) is 0 Å². The molecule has 3 heteroatoms. The molecule has 21 heavy (non-hydrogen) atoms. The second-order valence-electron chi connectivity index (χ2n) is 6.73. The summed E-state index contributed by atoms with van der Waals surface area (Å²) in [5, 5.41) is 0. The van der Waals surface area contributed by atoms with Crippen LogP contribution in [0.15, 0.2) is 30.3 Å². The third-order valence-electron chi connectivity index (χ3n) is 4.42. The first-order valence-corrected chi connectivity index (χ1v) is 7.85. The Morgan fingerprint density at radius 3 is 2.71 bits per heavy atom. The summed E-state index contributed by atoms with van der Waals surface area (Å²) in [5.41, 5.74) is 1.11. The smallest absolute Gasteiger partial charge is 0.223 e. The molecule has 1 saturated heterocycles. The largest absolute Gasteiger partial charge is 0.384 e. The molecule has 1 aliphatic rings. The molecule has 0 bridgehead atoms. The number of hydrogen-bond acceptors (Lipinski definition) is 2. The van der Waals surface area contributed by atoms with Crippen LogP contribution in [0, 0.1) is 5.92 Å². The van der Waals surface area contributed by atoms with Crippen molar-refractivity contribution in [3.05, 3.63) is 35.9 Å². The van der Waals surface area contributed by atoms with Crippen LogP contribution in [0.4, 0.5) is 0 Å². The number of methoxy groups -OCH3 is 1. The van der Waals surface area contributed by atoms with E-state index in [0.29, 0.717) is 12.3 Å². The third-order valence-corrected chi connectivity index (χ3v) is 4.42. The average Bonchev–Trinajstić information content (AvgIpc) is 2.48. The van der Waals surface area contributed by atoms with Crippen molar-refractivity contribution in [3.63, 3.8) is 0 Å². The Kier molecular flexibility index (Phi) is 5.40. The molecular weight excluding hydrogens is 262 g/mol. The Morgan fingerprint density at radius 1 is 1.33 bits per heavy atom. The van der Waals surface area contributed by atoms with Gasteiger partial charge in [-0.25, -0.2) is 0 Å². The number of carbonyl (C=O) groups is 1. The number of piperidine rings is 1. The molecule has 0 N–H and O–H groups in total. The van der Waals surface area contributed by atoms with E-state index < -0.39 is 0 Å². The van der Waals surface area contributed by atoms with Gasteiger partial charge in [-0.3, -0.25) is 4.79 Å². The standard InChI is InChI=1S/C18H27NO2/c1-18(2,16-9-5-4-6-10-16)12-17(20)19-11-7-8-15(13-19)14-21-3/h4-6,9-10,15H,7-8,11-14H2,1-3H3/t15-/m0/s1. The molecule has 0 spiro atoms. The molecule has 1 atom stereocenters. The van der Waals surface area contributed by atoms with Gasteiger partial charge in [-0.15, -0.1) is 0 Å². The molecule has 1 aliphatic heterocycles. The molecule has 0 radical (unpaired) electrons. The molecule has 0 saturated carbocycles. The summed E-state index contributed by atoms with van der Waals surface area (Å²) in [6.45, 7) is 6.79. The summed E-state index contributed by atoms with van der Waals surface area (Å²) in [5.74, 6) is 0.761. The number of ether oxygens (including phenoxy) is 1. The van der Waals surface area contributed by atoms with Gasteiger partial charge in [-0.05, 0) is 29.7 Å². The number of likely N-dealkylation sites (tertiary alicyclic amines) is 1. The quantitative estimate of drug-likeness (QED) is 0.833. The lowest BCUT2D eigenvalue weighted by atomic mass is 9.81. The monoisotopic (exact) mass is 289 g/mol.